The van der Waals surface area contributed by atoms with E-state index in [2.05, 4.69) is 10.3 Å². The van der Waals surface area contributed by atoms with Gasteiger partial charge in [-0.05, 0) is 43.2 Å². The number of ether oxygens (including phenoxy) is 1. The van der Waals surface area contributed by atoms with E-state index < -0.39 is 18.0 Å². The zero-order valence-corrected chi connectivity index (χ0v) is 18.4. The van der Waals surface area contributed by atoms with Crippen LogP contribution < -0.4 is 10.2 Å². The molecule has 0 radical (unpaired) electrons. The molecule has 7 nitrogen and oxygen atoms in total. The third-order valence-corrected chi connectivity index (χ3v) is 5.84. The number of para-hydroxylation sites is 1. The first-order chi connectivity index (χ1) is 15.4. The number of carbonyl (C=O) groups excluding carboxylic acids is 3. The summed E-state index contributed by atoms with van der Waals surface area (Å²) in [7, 11) is 0. The summed E-state index contributed by atoms with van der Waals surface area (Å²) in [5.74, 6) is -1.72. The van der Waals surface area contributed by atoms with Crippen molar-refractivity contribution in [2.75, 3.05) is 18.0 Å². The predicted molar refractivity (Wildman–Crippen MR) is 122 cm³/mol. The predicted octanol–water partition coefficient (Wildman–Crippen LogP) is 3.46. The van der Waals surface area contributed by atoms with Crippen molar-refractivity contribution in [1.82, 2.24) is 10.3 Å². The Morgan fingerprint density at radius 2 is 2.06 bits per heavy atom. The molecule has 1 fully saturated rings. The van der Waals surface area contributed by atoms with Crippen molar-refractivity contribution in [3.8, 4) is 0 Å². The van der Waals surface area contributed by atoms with Gasteiger partial charge >= 0.3 is 5.97 Å². The highest BCUT2D eigenvalue weighted by molar-refractivity contribution is 6.31. The van der Waals surface area contributed by atoms with E-state index in [-0.39, 0.29) is 24.8 Å². The number of esters is 1. The number of anilines is 1. The zero-order chi connectivity index (χ0) is 22.7. The van der Waals surface area contributed by atoms with Gasteiger partial charge in [0, 0.05) is 47.3 Å². The van der Waals surface area contributed by atoms with Gasteiger partial charge in [-0.3, -0.25) is 14.4 Å². The lowest BCUT2D eigenvalue weighted by Gasteiger charge is -2.18. The van der Waals surface area contributed by atoms with Gasteiger partial charge in [0.15, 0.2) is 6.10 Å². The molecule has 2 aromatic carbocycles. The third kappa shape index (κ3) is 4.78. The van der Waals surface area contributed by atoms with E-state index in [0.717, 1.165) is 16.5 Å². The summed E-state index contributed by atoms with van der Waals surface area (Å²) in [5.41, 5.74) is 2.80. The summed E-state index contributed by atoms with van der Waals surface area (Å²) < 4.78 is 5.35. The molecular weight excluding hydrogens is 430 g/mol. The van der Waals surface area contributed by atoms with Crippen LogP contribution in [0.1, 0.15) is 18.9 Å². The van der Waals surface area contributed by atoms with Crippen LogP contribution in [-0.4, -0.2) is 42.0 Å². The molecule has 1 aromatic heterocycles. The van der Waals surface area contributed by atoms with Gasteiger partial charge in [-0.15, -0.1) is 0 Å². The molecule has 1 aliphatic rings. The zero-order valence-electron chi connectivity index (χ0n) is 17.6. The molecule has 0 aliphatic carbocycles. The Morgan fingerprint density at radius 3 is 2.88 bits per heavy atom. The summed E-state index contributed by atoms with van der Waals surface area (Å²) in [6.07, 6.45) is 1.69. The minimum absolute atomic E-state index is 0.0419. The van der Waals surface area contributed by atoms with Gasteiger partial charge in [0.05, 0.1) is 5.92 Å². The number of H-pyrrole nitrogens is 1. The van der Waals surface area contributed by atoms with Gasteiger partial charge in [-0.25, -0.2) is 0 Å². The van der Waals surface area contributed by atoms with Crippen LogP contribution in [0.3, 0.4) is 0 Å². The first kappa shape index (κ1) is 21.9. The molecule has 2 atom stereocenters. The Bertz CT molecular complexity index is 1160. The summed E-state index contributed by atoms with van der Waals surface area (Å²) in [4.78, 5) is 42.0. The Hall–Kier alpha value is -3.32. The fourth-order valence-corrected chi connectivity index (χ4v) is 4.07. The molecule has 0 bridgehead atoms. The number of fused-ring (bicyclic) bond motifs is 1. The molecule has 4 rings (SSSR count). The number of nitrogens with zero attached hydrogens (tertiary/aromatic N) is 1. The topological polar surface area (TPSA) is 91.5 Å². The molecule has 3 aromatic rings. The second-order valence-electron chi connectivity index (χ2n) is 7.86. The normalized spacial score (nSPS) is 16.9. The minimum Gasteiger partial charge on any atom is -0.452 e. The van der Waals surface area contributed by atoms with E-state index in [0.29, 0.717) is 23.7 Å². The van der Waals surface area contributed by atoms with Crippen molar-refractivity contribution in [3.63, 3.8) is 0 Å². The molecule has 0 spiro atoms. The quantitative estimate of drug-likeness (QED) is 0.536. The third-order valence-electron chi connectivity index (χ3n) is 5.61. The number of nitrogens with one attached hydrogen (secondary N) is 2. The largest absolute Gasteiger partial charge is 0.452 e. The van der Waals surface area contributed by atoms with Crippen LogP contribution in [0.2, 0.25) is 5.02 Å². The van der Waals surface area contributed by atoms with Crippen LogP contribution in [0.15, 0.2) is 54.7 Å². The van der Waals surface area contributed by atoms with Gasteiger partial charge in [0.2, 0.25) is 5.91 Å². The Kier molecular flexibility index (Phi) is 6.46. The molecule has 1 saturated heterocycles. The molecule has 2 N–H and O–H groups in total. The van der Waals surface area contributed by atoms with E-state index in [4.69, 9.17) is 16.3 Å². The maximum absolute atomic E-state index is 12.5. The molecule has 8 heteroatoms. The molecule has 1 aliphatic heterocycles. The monoisotopic (exact) mass is 453 g/mol. The van der Waals surface area contributed by atoms with E-state index in [1.165, 1.54) is 11.8 Å². The Morgan fingerprint density at radius 1 is 1.25 bits per heavy atom. The number of aromatic amines is 1. The highest BCUT2D eigenvalue weighted by atomic mass is 35.5. The van der Waals surface area contributed by atoms with E-state index >= 15 is 0 Å². The van der Waals surface area contributed by atoms with Crippen molar-refractivity contribution >= 4 is 46.0 Å². The summed E-state index contributed by atoms with van der Waals surface area (Å²) in [5, 5.41) is 4.44. The number of halogens is 1. The van der Waals surface area contributed by atoms with Crippen molar-refractivity contribution in [3.05, 3.63) is 65.3 Å². The fraction of sp³-hybridized carbons (Fsp3) is 0.292. The van der Waals surface area contributed by atoms with Gasteiger partial charge < -0.3 is 19.9 Å². The SMILES string of the molecule is CC(OC(=O)C1CC(=O)N(c2cccc(Cl)c2)C1)C(=O)NCCc1c[nH]c2ccccc12. The second kappa shape index (κ2) is 9.44. The van der Waals surface area contributed by atoms with Crippen molar-refractivity contribution in [2.45, 2.75) is 25.9 Å². The van der Waals surface area contributed by atoms with Gasteiger partial charge in [-0.2, -0.15) is 0 Å². The molecular formula is C24H24ClN3O4. The lowest BCUT2D eigenvalue weighted by Crippen LogP contribution is -2.38. The van der Waals surface area contributed by atoms with E-state index in [9.17, 15) is 14.4 Å². The maximum Gasteiger partial charge on any atom is 0.312 e. The molecule has 166 valence electrons. The van der Waals surface area contributed by atoms with Crippen LogP contribution >= 0.6 is 11.6 Å². The molecule has 2 heterocycles. The first-order valence-electron chi connectivity index (χ1n) is 10.5. The summed E-state index contributed by atoms with van der Waals surface area (Å²) in [6.45, 7) is 2.16. The minimum atomic E-state index is -0.944. The number of hydrogen-bond donors (Lipinski definition) is 2. The van der Waals surface area contributed by atoms with Crippen LogP contribution in [0.4, 0.5) is 5.69 Å². The number of carbonyl (C=O) groups is 3. The number of hydrogen-bond acceptors (Lipinski definition) is 4. The fourth-order valence-electron chi connectivity index (χ4n) is 3.89. The van der Waals surface area contributed by atoms with Crippen molar-refractivity contribution in [1.29, 1.82) is 0 Å². The standard InChI is InChI=1S/C24H24ClN3O4/c1-15(23(30)26-10-9-16-13-27-21-8-3-2-7-20(16)21)32-24(31)17-11-22(29)28(14-17)19-6-4-5-18(25)12-19/h2-8,12-13,15,17,27H,9-11,14H2,1H3,(H,26,30). The van der Waals surface area contributed by atoms with E-state index in [1.807, 2.05) is 30.5 Å². The average Bonchev–Trinajstić information content (AvgIpc) is 3.37. The summed E-state index contributed by atoms with van der Waals surface area (Å²) in [6, 6.07) is 14.9. The second-order valence-corrected chi connectivity index (χ2v) is 8.30. The van der Waals surface area contributed by atoms with Crippen LogP contribution in [0.5, 0.6) is 0 Å². The lowest BCUT2D eigenvalue weighted by atomic mass is 10.1. The van der Waals surface area contributed by atoms with Gasteiger partial charge in [0.1, 0.15) is 0 Å². The van der Waals surface area contributed by atoms with Gasteiger partial charge in [-0.1, -0.05) is 35.9 Å². The molecule has 32 heavy (non-hydrogen) atoms. The van der Waals surface area contributed by atoms with Crippen LogP contribution in [-0.2, 0) is 25.5 Å². The number of rotatable bonds is 7. The first-order valence-corrected chi connectivity index (χ1v) is 10.9. The van der Waals surface area contributed by atoms with Crippen LogP contribution in [0, 0.1) is 5.92 Å². The van der Waals surface area contributed by atoms with Gasteiger partial charge in [0.25, 0.3) is 5.91 Å². The Balaban J connectivity index is 1.26. The number of benzene rings is 2. The number of amides is 2. The molecule has 2 unspecified atom stereocenters. The maximum atomic E-state index is 12.5. The van der Waals surface area contributed by atoms with Crippen LogP contribution in [0.25, 0.3) is 10.9 Å². The number of aromatic nitrogens is 1. The highest BCUT2D eigenvalue weighted by Gasteiger charge is 2.37. The average molecular weight is 454 g/mol. The van der Waals surface area contributed by atoms with Crippen molar-refractivity contribution in [2.24, 2.45) is 5.92 Å². The lowest BCUT2D eigenvalue weighted by molar-refractivity contribution is -0.158. The van der Waals surface area contributed by atoms with E-state index in [1.54, 1.807) is 24.3 Å². The Labute approximate surface area is 190 Å². The van der Waals surface area contributed by atoms with Crippen molar-refractivity contribution < 1.29 is 19.1 Å². The molecule has 0 saturated carbocycles. The molecule has 2 amide bonds. The smallest absolute Gasteiger partial charge is 0.312 e. The summed E-state index contributed by atoms with van der Waals surface area (Å²) >= 11 is 6.00. The highest BCUT2D eigenvalue weighted by Crippen LogP contribution is 2.28.